The minimum Gasteiger partial charge on any atom is -0.834 e. The Morgan fingerprint density at radius 1 is 1.19 bits per heavy atom. The van der Waals surface area contributed by atoms with Gasteiger partial charge in [0, 0.05) is 18.4 Å². The molecule has 27 heavy (non-hydrogen) atoms. The molecular weight excluding hydrogens is 338 g/mol. The van der Waals surface area contributed by atoms with Gasteiger partial charge in [0.2, 0.25) is 0 Å². The van der Waals surface area contributed by atoms with Gasteiger partial charge in [0.05, 0.1) is 13.6 Å². The van der Waals surface area contributed by atoms with E-state index in [-0.39, 0.29) is 12.6 Å². The molecular formula is C23H25NO3. The van der Waals surface area contributed by atoms with Crippen molar-refractivity contribution in [3.05, 3.63) is 71.8 Å². The van der Waals surface area contributed by atoms with Crippen molar-refractivity contribution in [2.24, 2.45) is 0 Å². The minimum atomic E-state index is -2.09. The molecule has 1 aliphatic heterocycles. The summed E-state index contributed by atoms with van der Waals surface area (Å²) in [5, 5.41) is 13.8. The van der Waals surface area contributed by atoms with Crippen molar-refractivity contribution >= 4 is 5.97 Å². The summed E-state index contributed by atoms with van der Waals surface area (Å²) in [5.74, 6) is 1.95. The van der Waals surface area contributed by atoms with Gasteiger partial charge in [0.1, 0.15) is 19.2 Å². The van der Waals surface area contributed by atoms with E-state index in [1.807, 2.05) is 12.1 Å². The van der Waals surface area contributed by atoms with Crippen LogP contribution in [0.25, 0.3) is 0 Å². The van der Waals surface area contributed by atoms with Gasteiger partial charge >= 0.3 is 5.97 Å². The van der Waals surface area contributed by atoms with Crippen molar-refractivity contribution in [1.82, 2.24) is 0 Å². The maximum atomic E-state index is 13.8. The quantitative estimate of drug-likeness (QED) is 0.449. The highest BCUT2D eigenvalue weighted by Crippen LogP contribution is 2.30. The lowest BCUT2D eigenvalue weighted by Gasteiger charge is -2.40. The number of quaternary nitrogens is 1. The fraction of sp³-hybridized carbons (Fsp3) is 0.348. The molecule has 0 radical (unpaired) electrons. The molecule has 1 heterocycles. The van der Waals surface area contributed by atoms with Gasteiger partial charge in [-0.25, -0.2) is 0 Å². The Kier molecular flexibility index (Phi) is 5.65. The zero-order chi connectivity index (χ0) is 19.3. The van der Waals surface area contributed by atoms with Gasteiger partial charge < -0.3 is 14.3 Å². The fourth-order valence-electron chi connectivity index (χ4n) is 3.88. The summed E-state index contributed by atoms with van der Waals surface area (Å²) in [7, 11) is 2.09. The monoisotopic (exact) mass is 363 g/mol. The predicted octanol–water partition coefficient (Wildman–Crippen LogP) is 2.08. The number of hydrogen-bond acceptors (Lipinski definition) is 3. The molecule has 0 bridgehead atoms. The summed E-state index contributed by atoms with van der Waals surface area (Å²) >= 11 is 0. The standard InChI is InChI=1S/C23H25NO3/c1-3-16-24(2)17-10-15-21(24)18-27-22(25)23(26,19-11-6-4-7-12-19)20-13-8-5-9-14-20/h1,4-9,11-14,21H,10,15-18H2,2H3/t21-,24?/m0/s1. The van der Waals surface area contributed by atoms with Crippen molar-refractivity contribution in [3.63, 3.8) is 0 Å². The molecule has 1 fully saturated rings. The van der Waals surface area contributed by atoms with Crippen molar-refractivity contribution in [2.45, 2.75) is 24.5 Å². The van der Waals surface area contributed by atoms with Crippen LogP contribution < -0.4 is 5.11 Å². The molecule has 0 spiro atoms. The maximum Gasteiger partial charge on any atom is 0.304 e. The summed E-state index contributed by atoms with van der Waals surface area (Å²) in [4.78, 5) is 13.0. The second kappa shape index (κ2) is 7.96. The highest BCUT2D eigenvalue weighted by Gasteiger charge is 2.39. The number of carbonyl (C=O) groups is 1. The average Bonchev–Trinajstić information content (AvgIpc) is 3.07. The molecule has 1 unspecified atom stereocenters. The van der Waals surface area contributed by atoms with E-state index in [1.165, 1.54) is 0 Å². The largest absolute Gasteiger partial charge is 0.834 e. The molecule has 0 saturated carbocycles. The van der Waals surface area contributed by atoms with Crippen LogP contribution >= 0.6 is 0 Å². The van der Waals surface area contributed by atoms with Gasteiger partial charge in [-0.1, -0.05) is 60.7 Å². The zero-order valence-corrected chi connectivity index (χ0v) is 15.6. The maximum absolute atomic E-state index is 13.8. The number of benzene rings is 2. The van der Waals surface area contributed by atoms with Crippen molar-refractivity contribution in [1.29, 1.82) is 0 Å². The van der Waals surface area contributed by atoms with Gasteiger partial charge in [-0.05, 0) is 17.0 Å². The van der Waals surface area contributed by atoms with E-state index in [0.29, 0.717) is 22.2 Å². The highest BCUT2D eigenvalue weighted by molar-refractivity contribution is 5.85. The number of nitrogens with zero attached hydrogens (tertiary/aromatic N) is 1. The smallest absolute Gasteiger partial charge is 0.304 e. The molecule has 0 amide bonds. The molecule has 2 aromatic carbocycles. The first-order valence-corrected chi connectivity index (χ1v) is 9.27. The number of esters is 1. The number of hydrogen-bond donors (Lipinski definition) is 0. The van der Waals surface area contributed by atoms with E-state index in [2.05, 4.69) is 13.0 Å². The molecule has 4 heteroatoms. The molecule has 0 aliphatic carbocycles. The van der Waals surface area contributed by atoms with Gasteiger partial charge in [-0.2, -0.15) is 0 Å². The van der Waals surface area contributed by atoms with Crippen LogP contribution in [0.4, 0.5) is 0 Å². The molecule has 2 aromatic rings. The zero-order valence-electron chi connectivity index (χ0n) is 15.6. The van der Waals surface area contributed by atoms with Gasteiger partial charge in [-0.3, -0.25) is 4.79 Å². The molecule has 1 saturated heterocycles. The van der Waals surface area contributed by atoms with Crippen LogP contribution in [0.1, 0.15) is 24.0 Å². The Hall–Kier alpha value is -2.61. The van der Waals surface area contributed by atoms with Crippen molar-refractivity contribution in [2.75, 3.05) is 26.7 Å². The number of terminal acetylenes is 1. The predicted molar refractivity (Wildman–Crippen MR) is 102 cm³/mol. The van der Waals surface area contributed by atoms with E-state index in [9.17, 15) is 9.90 Å². The molecule has 3 rings (SSSR count). The number of rotatable bonds is 6. The second-order valence-electron chi connectivity index (χ2n) is 7.37. The topological polar surface area (TPSA) is 49.4 Å². The third kappa shape index (κ3) is 3.75. The number of likely N-dealkylation sites (N-methyl/N-ethyl adjacent to an activating group) is 1. The average molecular weight is 363 g/mol. The normalized spacial score (nSPS) is 22.2. The molecule has 1 aliphatic rings. The Bertz CT molecular complexity index is 773. The van der Waals surface area contributed by atoms with Crippen LogP contribution in [-0.2, 0) is 15.1 Å². The van der Waals surface area contributed by atoms with E-state index >= 15 is 0 Å². The van der Waals surface area contributed by atoms with Crippen LogP contribution in [-0.4, -0.2) is 43.2 Å². The van der Waals surface area contributed by atoms with E-state index in [1.54, 1.807) is 48.5 Å². The second-order valence-corrected chi connectivity index (χ2v) is 7.37. The number of ether oxygens (including phenoxy) is 1. The first-order valence-electron chi connectivity index (χ1n) is 9.27. The van der Waals surface area contributed by atoms with Crippen LogP contribution in [0.3, 0.4) is 0 Å². The molecule has 4 nitrogen and oxygen atoms in total. The fourth-order valence-corrected chi connectivity index (χ4v) is 3.88. The van der Waals surface area contributed by atoms with Crippen molar-refractivity contribution in [3.8, 4) is 12.3 Å². The van der Waals surface area contributed by atoms with Gasteiger partial charge in [0.25, 0.3) is 0 Å². The Labute approximate surface area is 161 Å². The minimum absolute atomic E-state index is 0.126. The summed E-state index contributed by atoms with van der Waals surface area (Å²) in [5.41, 5.74) is -1.32. The Morgan fingerprint density at radius 2 is 1.74 bits per heavy atom. The summed E-state index contributed by atoms with van der Waals surface area (Å²) < 4.78 is 6.29. The van der Waals surface area contributed by atoms with Crippen LogP contribution in [0.5, 0.6) is 0 Å². The molecule has 0 N–H and O–H groups in total. The SMILES string of the molecule is C#CC[N+]1(C)CCC[C@H]1COC(=O)C([O-])(c1ccccc1)c1ccccc1. The van der Waals surface area contributed by atoms with Crippen LogP contribution in [0.15, 0.2) is 60.7 Å². The highest BCUT2D eigenvalue weighted by atomic mass is 16.6. The lowest BCUT2D eigenvalue weighted by atomic mass is 9.86. The van der Waals surface area contributed by atoms with Gasteiger partial charge in [-0.15, -0.1) is 6.42 Å². The first-order chi connectivity index (χ1) is 13.0. The van der Waals surface area contributed by atoms with Gasteiger partial charge in [0.15, 0.2) is 0 Å². The molecule has 0 aromatic heterocycles. The third-order valence-corrected chi connectivity index (χ3v) is 5.60. The van der Waals surface area contributed by atoms with Crippen LogP contribution in [0, 0.1) is 12.3 Å². The summed E-state index contributed by atoms with van der Waals surface area (Å²) in [6, 6.07) is 17.5. The lowest BCUT2D eigenvalue weighted by molar-refractivity contribution is -0.914. The third-order valence-electron chi connectivity index (χ3n) is 5.60. The number of likely N-dealkylation sites (tertiary alicyclic amines) is 1. The lowest BCUT2D eigenvalue weighted by Crippen LogP contribution is -2.53. The first kappa shape index (κ1) is 19.2. The van der Waals surface area contributed by atoms with E-state index < -0.39 is 11.6 Å². The van der Waals surface area contributed by atoms with Crippen LogP contribution in [0.2, 0.25) is 0 Å². The molecule has 2 atom stereocenters. The summed E-state index contributed by atoms with van der Waals surface area (Å²) in [6.07, 6.45) is 7.49. The van der Waals surface area contributed by atoms with E-state index in [4.69, 9.17) is 11.2 Å². The van der Waals surface area contributed by atoms with Crippen molar-refractivity contribution < 1.29 is 19.1 Å². The Balaban J connectivity index is 1.84. The number of carbonyl (C=O) groups excluding carboxylic acids is 1. The summed E-state index contributed by atoms with van der Waals surface area (Å²) in [6.45, 7) is 1.77. The Morgan fingerprint density at radius 3 is 2.26 bits per heavy atom. The van der Waals surface area contributed by atoms with E-state index in [0.717, 1.165) is 19.4 Å². The molecule has 140 valence electrons.